The second kappa shape index (κ2) is 7.03. The minimum Gasteiger partial charge on any atom is -0.337 e. The largest absolute Gasteiger partial charge is 0.337 e. The van der Waals surface area contributed by atoms with E-state index in [-0.39, 0.29) is 5.91 Å². The number of carbonyl (C=O) groups excluding carboxylic acids is 1. The summed E-state index contributed by atoms with van der Waals surface area (Å²) in [5.41, 5.74) is 7.09. The summed E-state index contributed by atoms with van der Waals surface area (Å²) in [6.45, 7) is 7.93. The van der Waals surface area contributed by atoms with Crippen LogP contribution in [0.2, 0.25) is 0 Å². The van der Waals surface area contributed by atoms with Gasteiger partial charge in [-0.25, -0.2) is 4.68 Å². The van der Waals surface area contributed by atoms with Crippen molar-refractivity contribution >= 4 is 5.91 Å². The van der Waals surface area contributed by atoms with E-state index < -0.39 is 0 Å². The number of hydrogen-bond acceptors (Lipinski definition) is 2. The van der Waals surface area contributed by atoms with Crippen molar-refractivity contribution in [3.05, 3.63) is 70.9 Å². The average molecular weight is 359 g/mol. The number of amides is 1. The highest BCUT2D eigenvalue weighted by atomic mass is 16.2. The van der Waals surface area contributed by atoms with E-state index in [1.165, 1.54) is 16.7 Å². The Bertz CT molecular complexity index is 979. The van der Waals surface area contributed by atoms with Crippen LogP contribution in [0.5, 0.6) is 0 Å². The maximum atomic E-state index is 13.1. The lowest BCUT2D eigenvalue weighted by atomic mass is 10.0. The lowest BCUT2D eigenvalue weighted by molar-refractivity contribution is 0.0784. The van der Waals surface area contributed by atoms with Crippen LogP contribution in [0.25, 0.3) is 16.9 Å². The van der Waals surface area contributed by atoms with Crippen molar-refractivity contribution < 1.29 is 4.79 Å². The predicted octanol–water partition coefficient (Wildman–Crippen LogP) is 4.70. The first-order valence-electron chi connectivity index (χ1n) is 9.57. The number of aromatic nitrogens is 2. The van der Waals surface area contributed by atoms with Gasteiger partial charge in [0, 0.05) is 18.7 Å². The molecule has 1 aromatic heterocycles. The Kier molecular flexibility index (Phi) is 4.56. The van der Waals surface area contributed by atoms with E-state index in [0.29, 0.717) is 5.69 Å². The minimum absolute atomic E-state index is 0.0654. The maximum absolute atomic E-state index is 13.1. The van der Waals surface area contributed by atoms with Gasteiger partial charge in [0.05, 0.1) is 11.4 Å². The van der Waals surface area contributed by atoms with E-state index in [1.54, 1.807) is 4.68 Å². The van der Waals surface area contributed by atoms with Crippen LogP contribution in [0.4, 0.5) is 0 Å². The molecule has 2 aromatic carbocycles. The van der Waals surface area contributed by atoms with Crippen molar-refractivity contribution in [2.24, 2.45) is 0 Å². The number of rotatable bonds is 3. The van der Waals surface area contributed by atoms with E-state index in [0.717, 1.165) is 42.9 Å². The molecule has 4 heteroatoms. The zero-order valence-corrected chi connectivity index (χ0v) is 16.2. The minimum atomic E-state index is 0.0654. The fourth-order valence-electron chi connectivity index (χ4n) is 3.54. The Balaban J connectivity index is 1.82. The molecule has 1 aliphatic rings. The molecular formula is C23H25N3O. The van der Waals surface area contributed by atoms with Crippen molar-refractivity contribution in [1.29, 1.82) is 0 Å². The highest BCUT2D eigenvalue weighted by molar-refractivity contribution is 5.94. The summed E-state index contributed by atoms with van der Waals surface area (Å²) in [7, 11) is 0. The SMILES string of the molecule is Cc1ccc(-n2nc(-c3ccc(C)c(C)c3)cc2C(=O)N2CCCC2)cc1. The number of aryl methyl sites for hydroxylation is 3. The Hall–Kier alpha value is -2.88. The van der Waals surface area contributed by atoms with Crippen molar-refractivity contribution in [2.75, 3.05) is 13.1 Å². The monoisotopic (exact) mass is 359 g/mol. The molecule has 1 amide bonds. The van der Waals surface area contributed by atoms with Crippen molar-refractivity contribution in [3.63, 3.8) is 0 Å². The van der Waals surface area contributed by atoms with E-state index in [4.69, 9.17) is 5.10 Å². The summed E-state index contributed by atoms with van der Waals surface area (Å²) in [5, 5.41) is 4.81. The van der Waals surface area contributed by atoms with Crippen LogP contribution in [-0.2, 0) is 0 Å². The molecule has 138 valence electrons. The van der Waals surface area contributed by atoms with Crippen molar-refractivity contribution in [2.45, 2.75) is 33.6 Å². The Morgan fingerprint density at radius 3 is 2.26 bits per heavy atom. The number of benzene rings is 2. The summed E-state index contributed by atoms with van der Waals surface area (Å²) in [6, 6.07) is 16.4. The summed E-state index contributed by atoms with van der Waals surface area (Å²) in [4.78, 5) is 15.1. The van der Waals surface area contributed by atoms with E-state index in [1.807, 2.05) is 23.1 Å². The third kappa shape index (κ3) is 3.39. The normalized spacial score (nSPS) is 14.0. The lowest BCUT2D eigenvalue weighted by Crippen LogP contribution is -2.29. The highest BCUT2D eigenvalue weighted by Gasteiger charge is 2.25. The fraction of sp³-hybridized carbons (Fsp3) is 0.304. The van der Waals surface area contributed by atoms with Gasteiger partial charge in [0.2, 0.25) is 0 Å². The molecule has 0 unspecified atom stereocenters. The summed E-state index contributed by atoms with van der Waals surface area (Å²) in [5.74, 6) is 0.0654. The second-order valence-corrected chi connectivity index (χ2v) is 7.46. The topological polar surface area (TPSA) is 38.1 Å². The van der Waals surface area contributed by atoms with Gasteiger partial charge >= 0.3 is 0 Å². The average Bonchev–Trinajstić information content (AvgIpc) is 3.34. The Morgan fingerprint density at radius 2 is 1.59 bits per heavy atom. The van der Waals surface area contributed by atoms with Crippen LogP contribution in [0.3, 0.4) is 0 Å². The zero-order chi connectivity index (χ0) is 19.0. The van der Waals surface area contributed by atoms with E-state index in [2.05, 4.69) is 51.1 Å². The van der Waals surface area contributed by atoms with Crippen LogP contribution in [-0.4, -0.2) is 33.7 Å². The maximum Gasteiger partial charge on any atom is 0.272 e. The van der Waals surface area contributed by atoms with Gasteiger partial charge < -0.3 is 4.90 Å². The zero-order valence-electron chi connectivity index (χ0n) is 16.2. The number of hydrogen-bond donors (Lipinski definition) is 0. The molecule has 0 bridgehead atoms. The van der Waals surface area contributed by atoms with Gasteiger partial charge in [-0.1, -0.05) is 29.8 Å². The van der Waals surface area contributed by atoms with Crippen molar-refractivity contribution in [1.82, 2.24) is 14.7 Å². The summed E-state index contributed by atoms with van der Waals surface area (Å²) >= 11 is 0. The molecular weight excluding hydrogens is 334 g/mol. The van der Waals surface area contributed by atoms with Crippen molar-refractivity contribution in [3.8, 4) is 16.9 Å². The predicted molar refractivity (Wildman–Crippen MR) is 108 cm³/mol. The first kappa shape index (κ1) is 17.5. The third-order valence-corrected chi connectivity index (χ3v) is 5.40. The van der Waals surface area contributed by atoms with Crippen LogP contribution >= 0.6 is 0 Å². The van der Waals surface area contributed by atoms with Gasteiger partial charge in [-0.15, -0.1) is 0 Å². The number of nitrogens with zero attached hydrogens (tertiary/aromatic N) is 3. The second-order valence-electron chi connectivity index (χ2n) is 7.46. The van der Waals surface area contributed by atoms with Crippen LogP contribution in [0.15, 0.2) is 48.5 Å². The van der Waals surface area contributed by atoms with Gasteiger partial charge in [-0.05, 0) is 69.0 Å². The molecule has 0 aliphatic carbocycles. The summed E-state index contributed by atoms with van der Waals surface area (Å²) < 4.78 is 1.80. The number of carbonyl (C=O) groups is 1. The molecule has 3 aromatic rings. The quantitative estimate of drug-likeness (QED) is 0.680. The van der Waals surface area contributed by atoms with E-state index >= 15 is 0 Å². The fourth-order valence-corrected chi connectivity index (χ4v) is 3.54. The molecule has 1 saturated heterocycles. The molecule has 27 heavy (non-hydrogen) atoms. The van der Waals surface area contributed by atoms with Gasteiger partial charge in [-0.3, -0.25) is 4.79 Å². The molecule has 1 aliphatic heterocycles. The molecule has 2 heterocycles. The molecule has 0 saturated carbocycles. The summed E-state index contributed by atoms with van der Waals surface area (Å²) in [6.07, 6.45) is 2.16. The van der Waals surface area contributed by atoms with Gasteiger partial charge in [-0.2, -0.15) is 5.10 Å². The lowest BCUT2D eigenvalue weighted by Gasteiger charge is -2.16. The van der Waals surface area contributed by atoms with Crippen LogP contribution < -0.4 is 0 Å². The smallest absolute Gasteiger partial charge is 0.272 e. The van der Waals surface area contributed by atoms with Gasteiger partial charge in [0.15, 0.2) is 0 Å². The molecule has 4 rings (SSSR count). The molecule has 0 N–H and O–H groups in total. The third-order valence-electron chi connectivity index (χ3n) is 5.40. The molecule has 1 fully saturated rings. The van der Waals surface area contributed by atoms with Crippen LogP contribution in [0.1, 0.15) is 40.0 Å². The molecule has 0 spiro atoms. The first-order valence-corrected chi connectivity index (χ1v) is 9.57. The highest BCUT2D eigenvalue weighted by Crippen LogP contribution is 2.25. The Labute approximate surface area is 160 Å². The molecule has 0 atom stereocenters. The molecule has 4 nitrogen and oxygen atoms in total. The van der Waals surface area contributed by atoms with Gasteiger partial charge in [0.1, 0.15) is 5.69 Å². The van der Waals surface area contributed by atoms with Crippen LogP contribution in [0, 0.1) is 20.8 Å². The standard InChI is InChI=1S/C23H25N3O/c1-16-6-10-20(11-7-16)26-22(23(27)25-12-4-5-13-25)15-21(24-26)19-9-8-17(2)18(3)14-19/h6-11,14-15H,4-5,12-13H2,1-3H3. The Morgan fingerprint density at radius 1 is 0.889 bits per heavy atom. The van der Waals surface area contributed by atoms with E-state index in [9.17, 15) is 4.79 Å². The molecule has 0 radical (unpaired) electrons. The number of likely N-dealkylation sites (tertiary alicyclic amines) is 1. The van der Waals surface area contributed by atoms with Gasteiger partial charge in [0.25, 0.3) is 5.91 Å². The first-order chi connectivity index (χ1) is 13.0.